The number of hydrogen-bond donors (Lipinski definition) is 2. The van der Waals surface area contributed by atoms with Gasteiger partial charge in [-0.15, -0.1) is 6.42 Å². The molecule has 0 atom stereocenters. The fourth-order valence-electron chi connectivity index (χ4n) is 1.27. The number of benzene rings is 1. The van der Waals surface area contributed by atoms with Crippen LogP contribution in [0.1, 0.15) is 10.4 Å². The summed E-state index contributed by atoms with van der Waals surface area (Å²) >= 11 is 0. The van der Waals surface area contributed by atoms with Gasteiger partial charge in [0.2, 0.25) is 0 Å². The van der Waals surface area contributed by atoms with Crippen LogP contribution >= 0.6 is 0 Å². The zero-order valence-corrected chi connectivity index (χ0v) is 10.3. The highest BCUT2D eigenvalue weighted by molar-refractivity contribution is 5.91. The van der Waals surface area contributed by atoms with Gasteiger partial charge in [-0.25, -0.2) is 4.79 Å². The fourth-order valence-corrected chi connectivity index (χ4v) is 1.27. The number of carboxylic acids is 1. The molecule has 0 fully saturated rings. The first-order chi connectivity index (χ1) is 9.08. The molecular weight excluding hydrogens is 250 g/mol. The lowest BCUT2D eigenvalue weighted by Crippen LogP contribution is -2.29. The zero-order valence-electron chi connectivity index (χ0n) is 10.3. The Morgan fingerprint density at radius 1 is 1.47 bits per heavy atom. The summed E-state index contributed by atoms with van der Waals surface area (Å²) in [7, 11) is 1.44. The van der Waals surface area contributed by atoms with Crippen molar-refractivity contribution in [3.8, 4) is 23.8 Å². The molecular formula is C13H13NO5. The van der Waals surface area contributed by atoms with Crippen molar-refractivity contribution in [2.45, 2.75) is 0 Å². The highest BCUT2D eigenvalue weighted by Gasteiger charge is 2.13. The van der Waals surface area contributed by atoms with Gasteiger partial charge in [0, 0.05) is 6.07 Å². The molecule has 1 rings (SSSR count). The van der Waals surface area contributed by atoms with E-state index < -0.39 is 11.9 Å². The third-order valence-corrected chi connectivity index (χ3v) is 2.17. The number of aromatic carboxylic acids is 1. The Labute approximate surface area is 110 Å². The standard InChI is InChI=1S/C13H13NO5/c1-3-6-14-12(15)8-19-11-7-9(18-2)4-5-10(11)13(16)17/h1,4-5,7H,6,8H2,2H3,(H,14,15)(H,16,17). The van der Waals surface area contributed by atoms with Crippen molar-refractivity contribution >= 4 is 11.9 Å². The van der Waals surface area contributed by atoms with Gasteiger partial charge in [0.15, 0.2) is 6.61 Å². The van der Waals surface area contributed by atoms with Crippen LogP contribution in [-0.4, -0.2) is 37.2 Å². The molecule has 6 nitrogen and oxygen atoms in total. The molecule has 0 aliphatic carbocycles. The molecule has 0 spiro atoms. The van der Waals surface area contributed by atoms with Crippen LogP contribution in [0.25, 0.3) is 0 Å². The number of amides is 1. The van der Waals surface area contributed by atoms with Crippen molar-refractivity contribution in [2.75, 3.05) is 20.3 Å². The number of carboxylic acid groups (broad SMARTS) is 1. The molecule has 6 heteroatoms. The Hall–Kier alpha value is -2.68. The molecule has 2 N–H and O–H groups in total. The lowest BCUT2D eigenvalue weighted by atomic mass is 10.2. The molecule has 100 valence electrons. The maximum atomic E-state index is 11.3. The predicted molar refractivity (Wildman–Crippen MR) is 67.3 cm³/mol. The first-order valence-electron chi connectivity index (χ1n) is 5.32. The summed E-state index contributed by atoms with van der Waals surface area (Å²) in [5, 5.41) is 11.4. The number of hydrogen-bond acceptors (Lipinski definition) is 4. The molecule has 0 saturated heterocycles. The van der Waals surface area contributed by atoms with E-state index in [1.807, 2.05) is 0 Å². The van der Waals surface area contributed by atoms with Gasteiger partial charge in [-0.3, -0.25) is 4.79 Å². The van der Waals surface area contributed by atoms with E-state index in [4.69, 9.17) is 21.0 Å². The molecule has 0 aliphatic rings. The third-order valence-electron chi connectivity index (χ3n) is 2.17. The number of methoxy groups -OCH3 is 1. The van der Waals surface area contributed by atoms with Gasteiger partial charge in [-0.2, -0.15) is 0 Å². The number of terminal acetylenes is 1. The monoisotopic (exact) mass is 263 g/mol. The fraction of sp³-hybridized carbons (Fsp3) is 0.231. The summed E-state index contributed by atoms with van der Waals surface area (Å²) in [4.78, 5) is 22.3. The SMILES string of the molecule is C#CCNC(=O)COc1cc(OC)ccc1C(=O)O. The van der Waals surface area contributed by atoms with Crippen LogP contribution in [0, 0.1) is 12.3 Å². The highest BCUT2D eigenvalue weighted by Crippen LogP contribution is 2.24. The van der Waals surface area contributed by atoms with Gasteiger partial charge >= 0.3 is 5.97 Å². The zero-order chi connectivity index (χ0) is 14.3. The maximum Gasteiger partial charge on any atom is 0.339 e. The van der Waals surface area contributed by atoms with Gasteiger partial charge in [-0.05, 0) is 12.1 Å². The van der Waals surface area contributed by atoms with Crippen LogP contribution in [0.3, 0.4) is 0 Å². The van der Waals surface area contributed by atoms with E-state index in [2.05, 4.69) is 11.2 Å². The summed E-state index contributed by atoms with van der Waals surface area (Å²) in [6, 6.07) is 4.24. The molecule has 1 amide bonds. The van der Waals surface area contributed by atoms with Crippen LogP contribution < -0.4 is 14.8 Å². The van der Waals surface area contributed by atoms with Crippen LogP contribution in [0.4, 0.5) is 0 Å². The van der Waals surface area contributed by atoms with E-state index in [1.54, 1.807) is 0 Å². The van der Waals surface area contributed by atoms with Crippen molar-refractivity contribution in [3.05, 3.63) is 23.8 Å². The van der Waals surface area contributed by atoms with E-state index in [9.17, 15) is 9.59 Å². The molecule has 0 aliphatic heterocycles. The molecule has 19 heavy (non-hydrogen) atoms. The van der Waals surface area contributed by atoms with E-state index in [0.29, 0.717) is 5.75 Å². The summed E-state index contributed by atoms with van der Waals surface area (Å²) in [6.45, 7) is -0.235. The van der Waals surface area contributed by atoms with Crippen LogP contribution in [-0.2, 0) is 4.79 Å². The summed E-state index contributed by atoms with van der Waals surface area (Å²) in [5.74, 6) is 1.15. The van der Waals surface area contributed by atoms with Crippen LogP contribution in [0.15, 0.2) is 18.2 Å². The second kappa shape index (κ2) is 6.91. The first-order valence-corrected chi connectivity index (χ1v) is 5.32. The molecule has 0 heterocycles. The molecule has 0 unspecified atom stereocenters. The van der Waals surface area contributed by atoms with Crippen molar-refractivity contribution in [2.24, 2.45) is 0 Å². The van der Waals surface area contributed by atoms with Gasteiger partial charge < -0.3 is 19.9 Å². The summed E-state index contributed by atoms with van der Waals surface area (Å²) < 4.78 is 10.1. The van der Waals surface area contributed by atoms with Crippen molar-refractivity contribution in [1.29, 1.82) is 0 Å². The van der Waals surface area contributed by atoms with Crippen LogP contribution in [0.2, 0.25) is 0 Å². The average Bonchev–Trinajstić information content (AvgIpc) is 2.42. The smallest absolute Gasteiger partial charge is 0.339 e. The Bertz CT molecular complexity index is 518. The maximum absolute atomic E-state index is 11.3. The van der Waals surface area contributed by atoms with Gasteiger partial charge in [0.1, 0.15) is 17.1 Å². The second-order valence-electron chi connectivity index (χ2n) is 3.44. The highest BCUT2D eigenvalue weighted by atomic mass is 16.5. The molecule has 0 saturated carbocycles. The van der Waals surface area contributed by atoms with E-state index in [0.717, 1.165) is 0 Å². The summed E-state index contributed by atoms with van der Waals surface area (Å²) in [5.41, 5.74) is -0.0504. The molecule has 0 radical (unpaired) electrons. The molecule has 0 aromatic heterocycles. The van der Waals surface area contributed by atoms with E-state index >= 15 is 0 Å². The lowest BCUT2D eigenvalue weighted by Gasteiger charge is -2.10. The van der Waals surface area contributed by atoms with Gasteiger partial charge in [0.25, 0.3) is 5.91 Å². The van der Waals surface area contributed by atoms with Gasteiger partial charge in [0.05, 0.1) is 13.7 Å². The minimum absolute atomic E-state index is 0.0504. The van der Waals surface area contributed by atoms with Crippen molar-refractivity contribution < 1.29 is 24.2 Å². The predicted octanol–water partition coefficient (Wildman–Crippen LogP) is 0.522. The molecule has 1 aromatic carbocycles. The van der Waals surface area contributed by atoms with Gasteiger partial charge in [-0.1, -0.05) is 5.92 Å². The van der Waals surface area contributed by atoms with Crippen LogP contribution in [0.5, 0.6) is 11.5 Å². The topological polar surface area (TPSA) is 84.9 Å². The molecule has 1 aromatic rings. The summed E-state index contributed by atoms with van der Waals surface area (Å²) in [6.07, 6.45) is 4.99. The normalized spacial score (nSPS) is 9.26. The quantitative estimate of drug-likeness (QED) is 0.731. The average molecular weight is 263 g/mol. The van der Waals surface area contributed by atoms with E-state index in [-0.39, 0.29) is 24.5 Å². The first kappa shape index (κ1) is 14.4. The lowest BCUT2D eigenvalue weighted by molar-refractivity contribution is -0.122. The minimum atomic E-state index is -1.15. The largest absolute Gasteiger partial charge is 0.497 e. The number of carbonyl (C=O) groups is 2. The Balaban J connectivity index is 2.78. The Morgan fingerprint density at radius 3 is 2.79 bits per heavy atom. The Kier molecular flexibility index (Phi) is 5.23. The number of nitrogens with one attached hydrogen (secondary N) is 1. The minimum Gasteiger partial charge on any atom is -0.497 e. The second-order valence-corrected chi connectivity index (χ2v) is 3.44. The Morgan fingerprint density at radius 2 is 2.21 bits per heavy atom. The molecule has 0 bridgehead atoms. The number of carbonyl (C=O) groups excluding carboxylic acids is 1. The van der Waals surface area contributed by atoms with Crippen molar-refractivity contribution in [3.63, 3.8) is 0 Å². The third kappa shape index (κ3) is 4.24. The van der Waals surface area contributed by atoms with Crippen molar-refractivity contribution in [1.82, 2.24) is 5.32 Å². The number of ether oxygens (including phenoxy) is 2. The van der Waals surface area contributed by atoms with E-state index in [1.165, 1.54) is 25.3 Å². The number of rotatable bonds is 6.